The molecule has 0 bridgehead atoms. The number of nitrogens with zero attached hydrogens (tertiary/aromatic N) is 1. The molecule has 0 aromatic carbocycles. The monoisotopic (exact) mass is 200 g/mol. The Bertz CT molecular complexity index is 339. The van der Waals surface area contributed by atoms with Crippen LogP contribution in [0.4, 0.5) is 0 Å². The van der Waals surface area contributed by atoms with Gasteiger partial charge in [0.25, 0.3) is 0 Å². The Morgan fingerprint density at radius 2 is 2.38 bits per heavy atom. The summed E-state index contributed by atoms with van der Waals surface area (Å²) < 4.78 is 0. The van der Waals surface area contributed by atoms with E-state index in [0.717, 1.165) is 0 Å². The van der Waals surface area contributed by atoms with Crippen molar-refractivity contribution in [3.05, 3.63) is 28.5 Å². The molecule has 0 aliphatic heterocycles. The maximum Gasteiger partial charge on any atom is 0.354 e. The Balaban J connectivity index is 3.26. The summed E-state index contributed by atoms with van der Waals surface area (Å²) in [5, 5.41) is 9.13. The number of hydrogen-bond acceptors (Lipinski definition) is 3. The fraction of sp³-hybridized carbons (Fsp3) is 0.250. The molecule has 1 aromatic heterocycles. The second-order valence-electron chi connectivity index (χ2n) is 2.69. The summed E-state index contributed by atoms with van der Waals surface area (Å²) in [4.78, 5) is 14.4. The number of aromatic nitrogens is 1. The molecule has 70 valence electrons. The zero-order valence-corrected chi connectivity index (χ0v) is 7.75. The van der Waals surface area contributed by atoms with Gasteiger partial charge in [-0.25, -0.2) is 9.78 Å². The van der Waals surface area contributed by atoms with Gasteiger partial charge in [-0.15, -0.1) is 0 Å². The van der Waals surface area contributed by atoms with Crippen LogP contribution in [0.15, 0.2) is 12.3 Å². The number of aromatic carboxylic acids is 1. The number of carboxylic acid groups (broad SMARTS) is 1. The standard InChI is InChI=1S/C8H9ClN2O2/c1-4(10)6-2-5(9)3-11-7(6)8(12)13/h2-4H,10H2,1H3,(H,12,13). The summed E-state index contributed by atoms with van der Waals surface area (Å²) in [6, 6.07) is 1.13. The van der Waals surface area contributed by atoms with Crippen molar-refractivity contribution in [2.45, 2.75) is 13.0 Å². The van der Waals surface area contributed by atoms with Gasteiger partial charge < -0.3 is 10.8 Å². The van der Waals surface area contributed by atoms with E-state index < -0.39 is 12.0 Å². The molecule has 0 aliphatic carbocycles. The van der Waals surface area contributed by atoms with Crippen LogP contribution in [0.1, 0.15) is 29.0 Å². The molecule has 0 saturated carbocycles. The number of pyridine rings is 1. The Hall–Kier alpha value is -1.13. The van der Waals surface area contributed by atoms with Crippen LogP contribution in [0.25, 0.3) is 0 Å². The molecule has 3 N–H and O–H groups in total. The molecule has 13 heavy (non-hydrogen) atoms. The minimum absolute atomic E-state index is 0.0422. The summed E-state index contributed by atoms with van der Waals surface area (Å²) >= 11 is 5.65. The maximum atomic E-state index is 10.7. The highest BCUT2D eigenvalue weighted by molar-refractivity contribution is 6.30. The van der Waals surface area contributed by atoms with E-state index in [2.05, 4.69) is 4.98 Å². The molecule has 0 saturated heterocycles. The van der Waals surface area contributed by atoms with E-state index in [4.69, 9.17) is 22.4 Å². The van der Waals surface area contributed by atoms with Crippen molar-refractivity contribution in [2.75, 3.05) is 0 Å². The molecule has 1 unspecified atom stereocenters. The summed E-state index contributed by atoms with van der Waals surface area (Å²) in [7, 11) is 0. The molecule has 1 heterocycles. The van der Waals surface area contributed by atoms with Crippen LogP contribution in [0.2, 0.25) is 5.02 Å². The SMILES string of the molecule is CC(N)c1cc(Cl)cnc1C(=O)O. The Labute approximate surface area is 80.3 Å². The topological polar surface area (TPSA) is 76.2 Å². The second-order valence-corrected chi connectivity index (χ2v) is 3.12. The lowest BCUT2D eigenvalue weighted by Crippen LogP contribution is -2.13. The van der Waals surface area contributed by atoms with Gasteiger partial charge in [0.15, 0.2) is 5.69 Å². The average molecular weight is 201 g/mol. The van der Waals surface area contributed by atoms with Gasteiger partial charge in [-0.05, 0) is 13.0 Å². The van der Waals surface area contributed by atoms with Crippen LogP contribution >= 0.6 is 11.6 Å². The molecule has 4 nitrogen and oxygen atoms in total. The molecular weight excluding hydrogens is 192 g/mol. The van der Waals surface area contributed by atoms with Crippen LogP contribution in [0, 0.1) is 0 Å². The van der Waals surface area contributed by atoms with Crippen molar-refractivity contribution in [2.24, 2.45) is 5.73 Å². The van der Waals surface area contributed by atoms with Gasteiger partial charge in [0, 0.05) is 17.8 Å². The summed E-state index contributed by atoms with van der Waals surface area (Å²) in [5.41, 5.74) is 5.96. The number of nitrogens with two attached hydrogens (primary N) is 1. The second kappa shape index (κ2) is 3.72. The van der Waals surface area contributed by atoms with Gasteiger partial charge in [-0.3, -0.25) is 0 Å². The summed E-state index contributed by atoms with van der Waals surface area (Å²) in [6.07, 6.45) is 1.29. The molecule has 1 aromatic rings. The molecule has 1 atom stereocenters. The van der Waals surface area contributed by atoms with Crippen LogP contribution in [0.5, 0.6) is 0 Å². The molecule has 0 amide bonds. The lowest BCUT2D eigenvalue weighted by atomic mass is 10.1. The maximum absolute atomic E-state index is 10.7. The van der Waals surface area contributed by atoms with Crippen molar-refractivity contribution in [3.8, 4) is 0 Å². The minimum Gasteiger partial charge on any atom is -0.477 e. The lowest BCUT2D eigenvalue weighted by molar-refractivity contribution is 0.0688. The first-order valence-electron chi connectivity index (χ1n) is 3.66. The van der Waals surface area contributed by atoms with E-state index >= 15 is 0 Å². The lowest BCUT2D eigenvalue weighted by Gasteiger charge is -2.08. The van der Waals surface area contributed by atoms with E-state index in [9.17, 15) is 4.79 Å². The van der Waals surface area contributed by atoms with Crippen molar-refractivity contribution in [3.63, 3.8) is 0 Å². The quantitative estimate of drug-likeness (QED) is 0.758. The zero-order valence-electron chi connectivity index (χ0n) is 6.99. The number of carboxylic acids is 1. The van der Waals surface area contributed by atoms with Crippen molar-refractivity contribution in [1.82, 2.24) is 4.98 Å². The van der Waals surface area contributed by atoms with Gasteiger partial charge in [-0.2, -0.15) is 0 Å². The van der Waals surface area contributed by atoms with Crippen LogP contribution in [-0.2, 0) is 0 Å². The number of carbonyl (C=O) groups is 1. The third-order valence-electron chi connectivity index (χ3n) is 1.58. The molecule has 0 radical (unpaired) electrons. The van der Waals surface area contributed by atoms with E-state index in [-0.39, 0.29) is 5.69 Å². The van der Waals surface area contributed by atoms with Crippen molar-refractivity contribution < 1.29 is 9.90 Å². The van der Waals surface area contributed by atoms with E-state index in [1.54, 1.807) is 6.92 Å². The highest BCUT2D eigenvalue weighted by Gasteiger charge is 2.14. The largest absolute Gasteiger partial charge is 0.477 e. The van der Waals surface area contributed by atoms with Gasteiger partial charge in [0.2, 0.25) is 0 Å². The molecule has 0 spiro atoms. The number of rotatable bonds is 2. The van der Waals surface area contributed by atoms with Crippen LogP contribution in [0.3, 0.4) is 0 Å². The Kier molecular flexibility index (Phi) is 2.85. The average Bonchev–Trinajstić information content (AvgIpc) is 2.03. The first-order chi connectivity index (χ1) is 6.02. The third kappa shape index (κ3) is 2.17. The Morgan fingerprint density at radius 3 is 2.85 bits per heavy atom. The highest BCUT2D eigenvalue weighted by Crippen LogP contribution is 2.18. The predicted octanol–water partition coefficient (Wildman–Crippen LogP) is 1.45. The zero-order chi connectivity index (χ0) is 10.0. The number of halogens is 1. The van der Waals surface area contributed by atoms with Gasteiger partial charge >= 0.3 is 5.97 Å². The minimum atomic E-state index is -1.09. The molecule has 0 fully saturated rings. The van der Waals surface area contributed by atoms with E-state index in [1.807, 2.05) is 0 Å². The molecule has 5 heteroatoms. The normalized spacial score (nSPS) is 12.5. The summed E-state index contributed by atoms with van der Waals surface area (Å²) in [5.74, 6) is -1.09. The van der Waals surface area contributed by atoms with Gasteiger partial charge in [0.1, 0.15) is 0 Å². The predicted molar refractivity (Wildman–Crippen MR) is 48.8 cm³/mol. The van der Waals surface area contributed by atoms with E-state index in [1.165, 1.54) is 12.3 Å². The smallest absolute Gasteiger partial charge is 0.354 e. The van der Waals surface area contributed by atoms with E-state index in [0.29, 0.717) is 10.6 Å². The van der Waals surface area contributed by atoms with Crippen molar-refractivity contribution in [1.29, 1.82) is 0 Å². The fourth-order valence-electron chi connectivity index (χ4n) is 0.981. The first-order valence-corrected chi connectivity index (χ1v) is 4.04. The molecular formula is C8H9ClN2O2. The Morgan fingerprint density at radius 1 is 1.77 bits per heavy atom. The molecule has 0 aliphatic rings. The number of hydrogen-bond donors (Lipinski definition) is 2. The van der Waals surface area contributed by atoms with Gasteiger partial charge in [-0.1, -0.05) is 11.6 Å². The van der Waals surface area contributed by atoms with Crippen LogP contribution < -0.4 is 5.73 Å². The summed E-state index contributed by atoms with van der Waals surface area (Å²) in [6.45, 7) is 1.68. The van der Waals surface area contributed by atoms with Crippen molar-refractivity contribution >= 4 is 17.6 Å². The first kappa shape index (κ1) is 9.95. The van der Waals surface area contributed by atoms with Crippen LogP contribution in [-0.4, -0.2) is 16.1 Å². The fourth-order valence-corrected chi connectivity index (χ4v) is 1.15. The third-order valence-corrected chi connectivity index (χ3v) is 1.78. The van der Waals surface area contributed by atoms with Gasteiger partial charge in [0.05, 0.1) is 5.02 Å². The molecule has 1 rings (SSSR count). The highest BCUT2D eigenvalue weighted by atomic mass is 35.5.